The maximum Gasteiger partial charge on any atom is 0.261 e. The van der Waals surface area contributed by atoms with E-state index < -0.39 is 42.9 Å². The van der Waals surface area contributed by atoms with Crippen molar-refractivity contribution in [2.45, 2.75) is 0 Å². The van der Waals surface area contributed by atoms with Gasteiger partial charge in [-0.2, -0.15) is 20.1 Å². The van der Waals surface area contributed by atoms with E-state index in [9.17, 15) is 30.6 Å². The fourth-order valence-corrected chi connectivity index (χ4v) is 1.11. The molecule has 2 aromatic rings. The molecule has 0 saturated carbocycles. The summed E-state index contributed by atoms with van der Waals surface area (Å²) >= 11 is 0. The molecule has 2 heterocycles. The summed E-state index contributed by atoms with van der Waals surface area (Å²) in [6, 6.07) is 0. The first kappa shape index (κ1) is 18.2. The van der Waals surface area contributed by atoms with Gasteiger partial charge in [-0.1, -0.05) is 0 Å². The molecule has 0 radical (unpaired) electrons. The molecule has 0 spiro atoms. The van der Waals surface area contributed by atoms with Crippen LogP contribution in [0.1, 0.15) is 0 Å². The van der Waals surface area contributed by atoms with Crippen LogP contribution in [0.15, 0.2) is 9.26 Å². The summed E-state index contributed by atoms with van der Waals surface area (Å²) in [7, 11) is 0. The van der Waals surface area contributed by atoms with E-state index in [1.807, 2.05) is 0 Å². The molecular formula is C4H8N10O8. The van der Waals surface area contributed by atoms with Crippen molar-refractivity contribution in [3.05, 3.63) is 41.5 Å². The van der Waals surface area contributed by atoms with Gasteiger partial charge in [-0.05, 0) is 0 Å². The molecule has 122 valence electrons. The maximum absolute atomic E-state index is 11.1. The molecule has 0 aliphatic heterocycles. The zero-order valence-corrected chi connectivity index (χ0v) is 10.8. The molecule has 0 fully saturated rings. The van der Waals surface area contributed by atoms with Crippen molar-refractivity contribution < 1.29 is 29.1 Å². The van der Waals surface area contributed by atoms with Crippen molar-refractivity contribution in [3.63, 3.8) is 0 Å². The SMILES string of the molecule is O=[N+]([O-])[N-]c1c(-c2no[n+]([O-])c2[N-][N+](=O)[O-])no[n+]1[O-].[NH4+].[NH4+]. The number of aromatic nitrogens is 4. The standard InChI is InChI=1S/C4N8O8.2H3N/c13-9-3(5-11(15)16)1(7-19-9)2-4(6-12(17)18)10(14)20-8-2;;/h;2*1H3/q-2;;/p+2. The summed E-state index contributed by atoms with van der Waals surface area (Å²) in [5.74, 6) is -1.99. The molecule has 2 aromatic heterocycles. The summed E-state index contributed by atoms with van der Waals surface area (Å²) in [6.45, 7) is 0. The highest BCUT2D eigenvalue weighted by Gasteiger charge is 2.26. The van der Waals surface area contributed by atoms with E-state index in [2.05, 4.69) is 30.4 Å². The molecule has 0 atom stereocenters. The molecule has 0 aromatic carbocycles. The van der Waals surface area contributed by atoms with Gasteiger partial charge in [0.1, 0.15) is 0 Å². The molecule has 2 rings (SSSR count). The third-order valence-electron chi connectivity index (χ3n) is 1.76. The van der Waals surface area contributed by atoms with Crippen LogP contribution in [0.2, 0.25) is 0 Å². The Bertz CT molecular complexity index is 618. The minimum absolute atomic E-state index is 0. The van der Waals surface area contributed by atoms with E-state index >= 15 is 0 Å². The molecule has 0 saturated heterocycles. The number of hydrogen-bond acceptors (Lipinski definition) is 10. The van der Waals surface area contributed by atoms with Crippen LogP contribution in [-0.4, -0.2) is 20.4 Å². The average molecular weight is 324 g/mol. The Morgan fingerprint density at radius 1 is 0.864 bits per heavy atom. The lowest BCUT2D eigenvalue weighted by Crippen LogP contribution is -2.24. The Hall–Kier alpha value is -3.80. The normalized spacial score (nSPS) is 9.27. The van der Waals surface area contributed by atoms with Crippen LogP contribution in [0, 0.1) is 30.6 Å². The summed E-state index contributed by atoms with van der Waals surface area (Å²) in [6.07, 6.45) is 0. The van der Waals surface area contributed by atoms with Crippen molar-refractivity contribution in [3.8, 4) is 11.4 Å². The Balaban J connectivity index is 0.00000220. The van der Waals surface area contributed by atoms with Gasteiger partial charge in [-0.15, -0.1) is 0 Å². The van der Waals surface area contributed by atoms with Gasteiger partial charge in [0.05, 0.1) is 10.9 Å². The van der Waals surface area contributed by atoms with E-state index in [4.69, 9.17) is 0 Å². The van der Waals surface area contributed by atoms with Crippen molar-refractivity contribution in [2.24, 2.45) is 0 Å². The Morgan fingerprint density at radius 3 is 1.45 bits per heavy atom. The van der Waals surface area contributed by atoms with Crippen LogP contribution in [0.25, 0.3) is 22.2 Å². The first-order valence-corrected chi connectivity index (χ1v) is 4.32. The minimum Gasteiger partial charge on any atom is -0.459 e. The van der Waals surface area contributed by atoms with E-state index in [1.165, 1.54) is 0 Å². The average Bonchev–Trinajstić information content (AvgIpc) is 2.85. The molecule has 0 unspecified atom stereocenters. The monoisotopic (exact) mass is 324 g/mol. The van der Waals surface area contributed by atoms with Crippen molar-refractivity contribution in [1.82, 2.24) is 22.6 Å². The number of quaternary nitrogens is 2. The minimum atomic E-state index is -1.25. The lowest BCUT2D eigenvalue weighted by Gasteiger charge is -1.99. The highest BCUT2D eigenvalue weighted by Crippen LogP contribution is 2.33. The highest BCUT2D eigenvalue weighted by molar-refractivity contribution is 5.74. The highest BCUT2D eigenvalue weighted by atomic mass is 16.8. The van der Waals surface area contributed by atoms with E-state index in [0.29, 0.717) is 0 Å². The molecule has 18 nitrogen and oxygen atoms in total. The summed E-state index contributed by atoms with van der Waals surface area (Å²) in [4.78, 5) is 19.6. The van der Waals surface area contributed by atoms with Crippen LogP contribution < -0.4 is 22.1 Å². The Morgan fingerprint density at radius 2 is 1.18 bits per heavy atom. The number of nitro groups is 2. The first-order valence-electron chi connectivity index (χ1n) is 4.32. The van der Waals surface area contributed by atoms with Gasteiger partial charge in [0.2, 0.25) is 0 Å². The third kappa shape index (κ3) is 3.20. The molecule has 8 N–H and O–H groups in total. The Labute approximate surface area is 117 Å². The molecule has 0 bridgehead atoms. The third-order valence-corrected chi connectivity index (χ3v) is 1.76. The fourth-order valence-electron chi connectivity index (χ4n) is 1.11. The van der Waals surface area contributed by atoms with E-state index in [0.717, 1.165) is 0 Å². The topological polar surface area (TPSA) is 293 Å². The van der Waals surface area contributed by atoms with Crippen molar-refractivity contribution in [1.29, 1.82) is 0 Å². The number of rotatable bonds is 5. The van der Waals surface area contributed by atoms with E-state index in [-0.39, 0.29) is 12.3 Å². The van der Waals surface area contributed by atoms with Crippen LogP contribution in [-0.2, 0) is 0 Å². The zero-order chi connectivity index (χ0) is 14.9. The second kappa shape index (κ2) is 6.58. The lowest BCUT2D eigenvalue weighted by molar-refractivity contribution is -0.793. The summed E-state index contributed by atoms with van der Waals surface area (Å²) in [5.41, 5.74) is 3.82. The first-order chi connectivity index (χ1) is 9.40. The summed E-state index contributed by atoms with van der Waals surface area (Å²) in [5, 5.41) is 46.2. The molecule has 22 heavy (non-hydrogen) atoms. The van der Waals surface area contributed by atoms with Gasteiger partial charge in [0.15, 0.2) is 21.5 Å². The zero-order valence-electron chi connectivity index (χ0n) is 10.8. The second-order valence-corrected chi connectivity index (χ2v) is 2.88. The molecule has 18 heteroatoms. The van der Waals surface area contributed by atoms with Crippen molar-refractivity contribution in [2.75, 3.05) is 0 Å². The predicted octanol–water partition coefficient (Wildman–Crippen LogP) is -0.257. The van der Waals surface area contributed by atoms with Gasteiger partial charge in [0.25, 0.3) is 11.6 Å². The number of nitrogens with zero attached hydrogens (tertiary/aromatic N) is 8. The van der Waals surface area contributed by atoms with Crippen molar-refractivity contribution >= 4 is 11.6 Å². The van der Waals surface area contributed by atoms with Gasteiger partial charge >= 0.3 is 0 Å². The van der Waals surface area contributed by atoms with Gasteiger partial charge in [-0.3, -0.25) is 0 Å². The maximum atomic E-state index is 11.1. The molecular weight excluding hydrogens is 316 g/mol. The van der Waals surface area contributed by atoms with Gasteiger partial charge < -0.3 is 32.0 Å². The van der Waals surface area contributed by atoms with Gasteiger partial charge in [0, 0.05) is 0 Å². The molecule has 0 amide bonds. The second-order valence-electron chi connectivity index (χ2n) is 2.88. The van der Waals surface area contributed by atoms with Crippen LogP contribution in [0.3, 0.4) is 0 Å². The number of hydrogen-bond donors (Lipinski definition) is 2. The fraction of sp³-hybridized carbons (Fsp3) is 0. The summed E-state index contributed by atoms with van der Waals surface area (Å²) < 4.78 is 8.06. The molecule has 0 aliphatic carbocycles. The quantitative estimate of drug-likeness (QED) is 0.412. The van der Waals surface area contributed by atoms with E-state index in [1.54, 1.807) is 0 Å². The largest absolute Gasteiger partial charge is 0.459 e. The van der Waals surface area contributed by atoms with Crippen LogP contribution in [0.5, 0.6) is 0 Å². The smallest absolute Gasteiger partial charge is 0.261 e. The lowest BCUT2D eigenvalue weighted by atomic mass is 10.3. The predicted molar refractivity (Wildman–Crippen MR) is 61.9 cm³/mol. The van der Waals surface area contributed by atoms with Crippen LogP contribution >= 0.6 is 0 Å². The molecule has 0 aliphatic rings. The Kier molecular flexibility index (Phi) is 5.44. The van der Waals surface area contributed by atoms with Gasteiger partial charge in [-0.25, -0.2) is 20.2 Å². The van der Waals surface area contributed by atoms with Crippen LogP contribution in [0.4, 0.5) is 11.6 Å².